The Morgan fingerprint density at radius 2 is 0.969 bits per heavy atom. The molecule has 0 atom stereocenters. The highest BCUT2D eigenvalue weighted by Gasteiger charge is 2.10. The van der Waals surface area contributed by atoms with Gasteiger partial charge in [0.2, 0.25) is 0 Å². The summed E-state index contributed by atoms with van der Waals surface area (Å²) in [6, 6.07) is 33.9. The van der Waals surface area contributed by atoms with Crippen LogP contribution in [0.1, 0.15) is 5.56 Å². The first-order valence-electron chi connectivity index (χ1n) is 10.3. The van der Waals surface area contributed by atoms with Crippen LogP contribution in [0.15, 0.2) is 109 Å². The predicted molar refractivity (Wildman–Crippen MR) is 126 cm³/mol. The zero-order valence-corrected chi connectivity index (χ0v) is 17.2. The molecule has 32 heavy (non-hydrogen) atoms. The van der Waals surface area contributed by atoms with E-state index in [1.165, 1.54) is 0 Å². The molecule has 0 spiro atoms. The molecule has 3 heterocycles. The highest BCUT2D eigenvalue weighted by Crippen LogP contribution is 2.30. The summed E-state index contributed by atoms with van der Waals surface area (Å²) in [5.41, 5.74) is 8.22. The maximum atomic E-state index is 9.01. The van der Waals surface area contributed by atoms with Crippen molar-refractivity contribution in [2.45, 2.75) is 0 Å². The van der Waals surface area contributed by atoms with Crippen molar-refractivity contribution in [1.82, 2.24) is 15.0 Å². The third-order valence-corrected chi connectivity index (χ3v) is 5.25. The van der Waals surface area contributed by atoms with E-state index in [4.69, 9.17) is 10.2 Å². The highest BCUT2D eigenvalue weighted by atomic mass is 14.8. The fourth-order valence-electron chi connectivity index (χ4n) is 3.58. The number of hydrogen-bond donors (Lipinski definition) is 0. The Bertz CT molecular complexity index is 1330. The van der Waals surface area contributed by atoms with Gasteiger partial charge in [0, 0.05) is 12.4 Å². The molecule has 0 unspecified atom stereocenters. The lowest BCUT2D eigenvalue weighted by Crippen LogP contribution is -1.93. The number of nitriles is 1. The van der Waals surface area contributed by atoms with E-state index < -0.39 is 0 Å². The zero-order chi connectivity index (χ0) is 21.8. The van der Waals surface area contributed by atoms with Crippen molar-refractivity contribution in [3.05, 3.63) is 115 Å². The van der Waals surface area contributed by atoms with Crippen molar-refractivity contribution in [3.63, 3.8) is 0 Å². The first-order chi connectivity index (χ1) is 15.8. The van der Waals surface area contributed by atoms with E-state index in [2.05, 4.69) is 52.4 Å². The second-order valence-corrected chi connectivity index (χ2v) is 7.32. The van der Waals surface area contributed by atoms with Gasteiger partial charge in [-0.1, -0.05) is 48.5 Å². The van der Waals surface area contributed by atoms with Crippen molar-refractivity contribution < 1.29 is 0 Å². The van der Waals surface area contributed by atoms with Crippen LogP contribution in [-0.4, -0.2) is 15.0 Å². The molecule has 4 heteroatoms. The maximum absolute atomic E-state index is 9.01. The van der Waals surface area contributed by atoms with E-state index in [-0.39, 0.29) is 0 Å². The van der Waals surface area contributed by atoms with Gasteiger partial charge in [-0.15, -0.1) is 0 Å². The summed E-state index contributed by atoms with van der Waals surface area (Å²) < 4.78 is 0. The Morgan fingerprint density at radius 3 is 1.41 bits per heavy atom. The number of pyridine rings is 3. The summed E-state index contributed by atoms with van der Waals surface area (Å²) in [7, 11) is 0. The Kier molecular flexibility index (Phi) is 5.22. The van der Waals surface area contributed by atoms with E-state index in [0.717, 1.165) is 45.0 Å². The molecule has 150 valence electrons. The molecule has 0 aliphatic heterocycles. The van der Waals surface area contributed by atoms with Gasteiger partial charge in [-0.25, -0.2) is 4.98 Å². The zero-order valence-electron chi connectivity index (χ0n) is 17.2. The standard InChI is InChI=1S/C28H18N4/c29-19-20-7-9-21(10-8-20)22-11-13-23(14-12-22)24-17-27(25-5-1-3-15-30-25)32-28(18-24)26-6-2-4-16-31-26/h1-18H. The number of rotatable bonds is 4. The van der Waals surface area contributed by atoms with E-state index in [9.17, 15) is 0 Å². The van der Waals surface area contributed by atoms with E-state index in [1.54, 1.807) is 12.4 Å². The Hall–Kier alpha value is -4.62. The van der Waals surface area contributed by atoms with Gasteiger partial charge in [0.05, 0.1) is 34.4 Å². The summed E-state index contributed by atoms with van der Waals surface area (Å²) in [5.74, 6) is 0. The van der Waals surface area contributed by atoms with E-state index in [0.29, 0.717) is 5.56 Å². The molecule has 0 saturated carbocycles. The topological polar surface area (TPSA) is 62.5 Å². The largest absolute Gasteiger partial charge is 0.255 e. The van der Waals surface area contributed by atoms with Crippen LogP contribution in [0.4, 0.5) is 0 Å². The second-order valence-electron chi connectivity index (χ2n) is 7.32. The summed E-state index contributed by atoms with van der Waals surface area (Å²) in [4.78, 5) is 13.8. The highest BCUT2D eigenvalue weighted by molar-refractivity contribution is 5.76. The van der Waals surface area contributed by atoms with Crippen molar-refractivity contribution in [1.29, 1.82) is 5.26 Å². The van der Waals surface area contributed by atoms with Gasteiger partial charge in [-0.3, -0.25) is 9.97 Å². The third kappa shape index (κ3) is 4.00. The van der Waals surface area contributed by atoms with Crippen LogP contribution in [-0.2, 0) is 0 Å². The second kappa shape index (κ2) is 8.63. The number of nitrogens with zero attached hydrogens (tertiary/aromatic N) is 4. The van der Waals surface area contributed by atoms with Crippen LogP contribution in [0.2, 0.25) is 0 Å². The van der Waals surface area contributed by atoms with Gasteiger partial charge < -0.3 is 0 Å². The number of aromatic nitrogens is 3. The molecule has 0 fully saturated rings. The van der Waals surface area contributed by atoms with Crippen molar-refractivity contribution in [2.24, 2.45) is 0 Å². The summed E-state index contributed by atoms with van der Waals surface area (Å²) >= 11 is 0. The molecule has 0 saturated heterocycles. The quantitative estimate of drug-likeness (QED) is 0.343. The molecule has 0 N–H and O–H groups in total. The van der Waals surface area contributed by atoms with E-state index >= 15 is 0 Å². The molecule has 0 amide bonds. The lowest BCUT2D eigenvalue weighted by molar-refractivity contribution is 1.22. The normalized spacial score (nSPS) is 10.5. The monoisotopic (exact) mass is 410 g/mol. The Morgan fingerprint density at radius 1 is 0.500 bits per heavy atom. The number of benzene rings is 2. The smallest absolute Gasteiger partial charge is 0.0991 e. The summed E-state index contributed by atoms with van der Waals surface area (Å²) in [6.45, 7) is 0. The lowest BCUT2D eigenvalue weighted by atomic mass is 9.98. The van der Waals surface area contributed by atoms with Crippen LogP contribution in [0, 0.1) is 11.3 Å². The molecular formula is C28H18N4. The van der Waals surface area contributed by atoms with Crippen LogP contribution in [0.5, 0.6) is 0 Å². The van der Waals surface area contributed by atoms with Gasteiger partial charge in [0.25, 0.3) is 0 Å². The van der Waals surface area contributed by atoms with Crippen LogP contribution in [0.25, 0.3) is 45.0 Å². The van der Waals surface area contributed by atoms with Gasteiger partial charge in [-0.05, 0) is 70.8 Å². The SMILES string of the molecule is N#Cc1ccc(-c2ccc(-c3cc(-c4ccccn4)nc(-c4ccccn4)c3)cc2)cc1. The van der Waals surface area contributed by atoms with Crippen LogP contribution in [0.3, 0.4) is 0 Å². The van der Waals surface area contributed by atoms with Crippen LogP contribution < -0.4 is 0 Å². The third-order valence-electron chi connectivity index (χ3n) is 5.25. The van der Waals surface area contributed by atoms with Gasteiger partial charge in [0.15, 0.2) is 0 Å². The van der Waals surface area contributed by atoms with Crippen LogP contribution >= 0.6 is 0 Å². The average Bonchev–Trinajstić information content (AvgIpc) is 2.89. The summed E-state index contributed by atoms with van der Waals surface area (Å²) in [5, 5.41) is 9.01. The minimum absolute atomic E-state index is 0.659. The predicted octanol–water partition coefficient (Wildman–Crippen LogP) is 6.41. The number of hydrogen-bond acceptors (Lipinski definition) is 4. The fourth-order valence-corrected chi connectivity index (χ4v) is 3.58. The Balaban J connectivity index is 1.57. The minimum atomic E-state index is 0.659. The van der Waals surface area contributed by atoms with E-state index in [1.807, 2.05) is 60.7 Å². The molecule has 5 rings (SSSR count). The average molecular weight is 410 g/mol. The fraction of sp³-hybridized carbons (Fsp3) is 0. The lowest BCUT2D eigenvalue weighted by Gasteiger charge is -2.10. The van der Waals surface area contributed by atoms with Crippen molar-refractivity contribution >= 4 is 0 Å². The van der Waals surface area contributed by atoms with Crippen molar-refractivity contribution in [3.8, 4) is 51.1 Å². The molecule has 0 aliphatic carbocycles. The van der Waals surface area contributed by atoms with Crippen molar-refractivity contribution in [2.75, 3.05) is 0 Å². The molecule has 0 aliphatic rings. The molecule has 0 radical (unpaired) electrons. The molecule has 4 nitrogen and oxygen atoms in total. The van der Waals surface area contributed by atoms with Gasteiger partial charge >= 0.3 is 0 Å². The first kappa shape index (κ1) is 19.3. The molecular weight excluding hydrogens is 392 g/mol. The Labute approximate surface area is 186 Å². The molecule has 2 aromatic carbocycles. The maximum Gasteiger partial charge on any atom is 0.0991 e. The van der Waals surface area contributed by atoms with Gasteiger partial charge in [-0.2, -0.15) is 5.26 Å². The summed E-state index contributed by atoms with van der Waals surface area (Å²) in [6.07, 6.45) is 3.55. The molecule has 3 aromatic heterocycles. The minimum Gasteiger partial charge on any atom is -0.255 e. The van der Waals surface area contributed by atoms with Gasteiger partial charge in [0.1, 0.15) is 0 Å². The molecule has 5 aromatic rings. The molecule has 0 bridgehead atoms. The first-order valence-corrected chi connectivity index (χ1v) is 10.3.